The molecule has 2 aromatic carbocycles. The lowest BCUT2D eigenvalue weighted by Gasteiger charge is -2.17. The molecule has 0 fully saturated rings. The fourth-order valence-electron chi connectivity index (χ4n) is 2.97. The van der Waals surface area contributed by atoms with Crippen LogP contribution in [0.25, 0.3) is 11.1 Å². The van der Waals surface area contributed by atoms with Crippen molar-refractivity contribution in [3.05, 3.63) is 59.7 Å². The lowest BCUT2D eigenvalue weighted by Crippen LogP contribution is -2.41. The van der Waals surface area contributed by atoms with Crippen molar-refractivity contribution in [1.82, 2.24) is 5.32 Å². The Hall–Kier alpha value is -2.62. The van der Waals surface area contributed by atoms with Crippen molar-refractivity contribution in [2.24, 2.45) is 0 Å². The van der Waals surface area contributed by atoms with Gasteiger partial charge in [0, 0.05) is 0 Å². The molecule has 1 aliphatic rings. The second-order valence-electron chi connectivity index (χ2n) is 5.36. The van der Waals surface area contributed by atoms with Gasteiger partial charge in [0.2, 0.25) is 5.91 Å². The maximum absolute atomic E-state index is 12.7. The predicted molar refractivity (Wildman–Crippen MR) is 83.3 cm³/mol. The number of benzene rings is 2. The summed E-state index contributed by atoms with van der Waals surface area (Å²) in [5.41, 5.74) is 4.09. The van der Waals surface area contributed by atoms with Crippen LogP contribution in [0.5, 0.6) is 0 Å². The Morgan fingerprint density at radius 2 is 1.50 bits per heavy atom. The van der Waals surface area contributed by atoms with Crippen molar-refractivity contribution < 1.29 is 14.3 Å². The maximum atomic E-state index is 12.7. The number of methoxy groups -OCH3 is 1. The molecule has 0 bridgehead atoms. The Morgan fingerprint density at radius 1 is 1.00 bits per heavy atom. The van der Waals surface area contributed by atoms with Gasteiger partial charge in [-0.3, -0.25) is 4.79 Å². The third-order valence-corrected chi connectivity index (χ3v) is 4.01. The van der Waals surface area contributed by atoms with Gasteiger partial charge < -0.3 is 10.1 Å². The van der Waals surface area contributed by atoms with E-state index in [-0.39, 0.29) is 11.8 Å². The van der Waals surface area contributed by atoms with E-state index >= 15 is 0 Å². The average Bonchev–Trinajstić information content (AvgIpc) is 2.88. The number of carbonyl (C=O) groups excluding carboxylic acids is 2. The summed E-state index contributed by atoms with van der Waals surface area (Å²) >= 11 is 0. The molecule has 112 valence electrons. The zero-order valence-corrected chi connectivity index (χ0v) is 12.5. The van der Waals surface area contributed by atoms with Crippen molar-refractivity contribution in [2.45, 2.75) is 18.9 Å². The van der Waals surface area contributed by atoms with Crippen LogP contribution < -0.4 is 5.32 Å². The van der Waals surface area contributed by atoms with Crippen molar-refractivity contribution >= 4 is 11.9 Å². The Labute approximate surface area is 129 Å². The molecule has 0 heterocycles. The van der Waals surface area contributed by atoms with E-state index in [9.17, 15) is 9.59 Å². The molecule has 22 heavy (non-hydrogen) atoms. The van der Waals surface area contributed by atoms with Gasteiger partial charge in [-0.25, -0.2) is 4.79 Å². The quantitative estimate of drug-likeness (QED) is 0.885. The molecule has 0 saturated heterocycles. The van der Waals surface area contributed by atoms with E-state index in [1.165, 1.54) is 7.11 Å². The van der Waals surface area contributed by atoms with E-state index in [0.717, 1.165) is 22.3 Å². The van der Waals surface area contributed by atoms with E-state index in [2.05, 4.69) is 10.1 Å². The van der Waals surface area contributed by atoms with Crippen molar-refractivity contribution in [3.8, 4) is 11.1 Å². The number of ether oxygens (including phenoxy) is 1. The van der Waals surface area contributed by atoms with Gasteiger partial charge in [-0.2, -0.15) is 0 Å². The molecule has 0 aliphatic heterocycles. The lowest BCUT2D eigenvalue weighted by atomic mass is 9.96. The largest absolute Gasteiger partial charge is 0.467 e. The summed E-state index contributed by atoms with van der Waals surface area (Å²) < 4.78 is 4.66. The van der Waals surface area contributed by atoms with Gasteiger partial charge in [0.1, 0.15) is 6.04 Å². The second-order valence-corrected chi connectivity index (χ2v) is 5.36. The molecule has 1 atom stereocenters. The molecule has 3 rings (SSSR count). The van der Waals surface area contributed by atoms with E-state index in [4.69, 9.17) is 0 Å². The summed E-state index contributed by atoms with van der Waals surface area (Å²) in [7, 11) is 1.31. The molecule has 0 unspecified atom stereocenters. The van der Waals surface area contributed by atoms with E-state index < -0.39 is 12.0 Å². The van der Waals surface area contributed by atoms with Crippen molar-refractivity contribution in [1.29, 1.82) is 0 Å². The third-order valence-electron chi connectivity index (χ3n) is 4.01. The van der Waals surface area contributed by atoms with E-state index in [0.29, 0.717) is 0 Å². The molecule has 0 spiro atoms. The summed E-state index contributed by atoms with van der Waals surface area (Å²) in [4.78, 5) is 24.2. The fraction of sp³-hybridized carbons (Fsp3) is 0.222. The zero-order valence-electron chi connectivity index (χ0n) is 12.5. The maximum Gasteiger partial charge on any atom is 0.328 e. The van der Waals surface area contributed by atoms with Gasteiger partial charge >= 0.3 is 5.97 Å². The molecule has 1 amide bonds. The molecule has 4 nitrogen and oxygen atoms in total. The molecular weight excluding hydrogens is 278 g/mol. The van der Waals surface area contributed by atoms with Crippen LogP contribution in [0.15, 0.2) is 48.5 Å². The Morgan fingerprint density at radius 3 is 2.00 bits per heavy atom. The van der Waals surface area contributed by atoms with Crippen LogP contribution in [-0.4, -0.2) is 25.0 Å². The minimum Gasteiger partial charge on any atom is -0.467 e. The Kier molecular flexibility index (Phi) is 3.67. The molecule has 1 aliphatic carbocycles. The average molecular weight is 295 g/mol. The summed E-state index contributed by atoms with van der Waals surface area (Å²) in [5, 5.41) is 2.74. The summed E-state index contributed by atoms with van der Waals surface area (Å²) in [5.74, 6) is -1.03. The standard InChI is InChI=1S/C18H17NO3/c1-11(18(21)22-2)19-17(20)16-14-9-5-3-7-12(14)13-8-4-6-10-15(13)16/h3-11,16H,1-2H3,(H,19,20)/t11-/m1/s1. The third kappa shape index (κ3) is 2.26. The highest BCUT2D eigenvalue weighted by atomic mass is 16.5. The van der Waals surface area contributed by atoms with Crippen LogP contribution in [0.2, 0.25) is 0 Å². The smallest absolute Gasteiger partial charge is 0.328 e. The molecular formula is C18H17NO3. The number of hydrogen-bond acceptors (Lipinski definition) is 3. The number of esters is 1. The van der Waals surface area contributed by atoms with Gasteiger partial charge in [-0.15, -0.1) is 0 Å². The molecule has 0 radical (unpaired) electrons. The van der Waals surface area contributed by atoms with Crippen LogP contribution >= 0.6 is 0 Å². The van der Waals surface area contributed by atoms with E-state index in [1.54, 1.807) is 6.92 Å². The Bertz CT molecular complexity index is 693. The monoisotopic (exact) mass is 295 g/mol. The predicted octanol–water partition coefficient (Wildman–Crippen LogP) is 2.48. The Balaban J connectivity index is 1.97. The van der Waals surface area contributed by atoms with Crippen LogP contribution in [-0.2, 0) is 14.3 Å². The molecule has 2 aromatic rings. The van der Waals surface area contributed by atoms with Gasteiger partial charge in [0.15, 0.2) is 0 Å². The zero-order chi connectivity index (χ0) is 15.7. The van der Waals surface area contributed by atoms with Crippen LogP contribution in [0.1, 0.15) is 24.0 Å². The topological polar surface area (TPSA) is 55.4 Å². The highest BCUT2D eigenvalue weighted by Crippen LogP contribution is 2.44. The number of carbonyl (C=O) groups is 2. The molecule has 0 aromatic heterocycles. The number of fused-ring (bicyclic) bond motifs is 3. The SMILES string of the molecule is COC(=O)[C@@H](C)NC(=O)C1c2ccccc2-c2ccccc21. The summed E-state index contributed by atoms with van der Waals surface area (Å²) in [6.07, 6.45) is 0. The first kappa shape index (κ1) is 14.3. The minimum absolute atomic E-state index is 0.185. The van der Waals surface area contributed by atoms with Crippen LogP contribution in [0, 0.1) is 0 Å². The second kappa shape index (κ2) is 5.64. The first-order valence-corrected chi connectivity index (χ1v) is 7.20. The van der Waals surface area contributed by atoms with Crippen molar-refractivity contribution in [2.75, 3.05) is 7.11 Å². The minimum atomic E-state index is -0.669. The van der Waals surface area contributed by atoms with E-state index in [1.807, 2.05) is 48.5 Å². The molecule has 0 saturated carbocycles. The normalized spacial score (nSPS) is 13.9. The van der Waals surface area contributed by atoms with Gasteiger partial charge in [-0.1, -0.05) is 48.5 Å². The fourth-order valence-corrected chi connectivity index (χ4v) is 2.97. The van der Waals surface area contributed by atoms with Gasteiger partial charge in [0.05, 0.1) is 13.0 Å². The lowest BCUT2D eigenvalue weighted by molar-refractivity contribution is -0.144. The highest BCUT2D eigenvalue weighted by Gasteiger charge is 2.34. The number of amides is 1. The van der Waals surface area contributed by atoms with Gasteiger partial charge in [-0.05, 0) is 29.2 Å². The number of rotatable bonds is 3. The summed E-state index contributed by atoms with van der Waals surface area (Å²) in [6, 6.07) is 15.1. The van der Waals surface area contributed by atoms with Crippen LogP contribution in [0.4, 0.5) is 0 Å². The summed E-state index contributed by atoms with van der Waals surface area (Å²) in [6.45, 7) is 1.62. The first-order valence-electron chi connectivity index (χ1n) is 7.20. The molecule has 4 heteroatoms. The van der Waals surface area contributed by atoms with Gasteiger partial charge in [0.25, 0.3) is 0 Å². The first-order chi connectivity index (χ1) is 10.6. The number of nitrogens with one attached hydrogen (secondary N) is 1. The number of hydrogen-bond donors (Lipinski definition) is 1. The van der Waals surface area contributed by atoms with Crippen molar-refractivity contribution in [3.63, 3.8) is 0 Å². The highest BCUT2D eigenvalue weighted by molar-refractivity contribution is 5.97. The van der Waals surface area contributed by atoms with Crippen LogP contribution in [0.3, 0.4) is 0 Å². The molecule has 1 N–H and O–H groups in total.